The number of hydrogen-bond donors (Lipinski definition) is 0. The quantitative estimate of drug-likeness (QED) is 0.721. The van der Waals surface area contributed by atoms with Crippen molar-refractivity contribution in [3.8, 4) is 0 Å². The average Bonchev–Trinajstić information content (AvgIpc) is 2.52. The lowest BCUT2D eigenvalue weighted by Crippen LogP contribution is -1.88. The fourth-order valence-electron chi connectivity index (χ4n) is 1.26. The van der Waals surface area contributed by atoms with Gasteiger partial charge in [0, 0.05) is 28.2 Å². The number of hydrogen-bond acceptors (Lipinski definition) is 3. The molecule has 0 amide bonds. The molecular formula is C8H8BrNS2. The second-order valence-corrected chi connectivity index (χ2v) is 5.29. The predicted molar refractivity (Wildman–Crippen MR) is 58.1 cm³/mol. The van der Waals surface area contributed by atoms with E-state index in [9.17, 15) is 0 Å². The molecule has 1 aliphatic heterocycles. The molecule has 0 saturated heterocycles. The van der Waals surface area contributed by atoms with Crippen LogP contribution in [0.1, 0.15) is 5.69 Å². The third-order valence-electron chi connectivity index (χ3n) is 1.81. The molecule has 4 heteroatoms. The van der Waals surface area contributed by atoms with E-state index in [1.54, 1.807) is 11.8 Å². The molecule has 0 fully saturated rings. The lowest BCUT2D eigenvalue weighted by Gasteiger charge is -2.05. The van der Waals surface area contributed by atoms with Crippen LogP contribution < -0.4 is 0 Å². The van der Waals surface area contributed by atoms with E-state index in [2.05, 4.69) is 27.2 Å². The van der Waals surface area contributed by atoms with E-state index in [0.29, 0.717) is 0 Å². The van der Waals surface area contributed by atoms with Crippen LogP contribution in [0.3, 0.4) is 0 Å². The molecule has 1 aliphatic rings. The first-order chi connectivity index (χ1) is 5.83. The van der Waals surface area contributed by atoms with Gasteiger partial charge in [-0.15, -0.1) is 23.5 Å². The number of nitrogens with zero attached hydrogens (tertiary/aromatic N) is 1. The molecule has 1 nitrogen and oxygen atoms in total. The third kappa shape index (κ3) is 1.40. The molecule has 0 spiro atoms. The number of thioether (sulfide) groups is 2. The van der Waals surface area contributed by atoms with Gasteiger partial charge >= 0.3 is 0 Å². The molecule has 12 heavy (non-hydrogen) atoms. The number of fused-ring (bicyclic) bond motifs is 1. The Morgan fingerprint density at radius 2 is 2.50 bits per heavy atom. The van der Waals surface area contributed by atoms with Crippen LogP contribution in [0.4, 0.5) is 0 Å². The average molecular weight is 262 g/mol. The normalized spacial score (nSPS) is 14.8. The number of aryl methyl sites for hydroxylation is 1. The lowest BCUT2D eigenvalue weighted by molar-refractivity contribution is 0.976. The zero-order chi connectivity index (χ0) is 8.55. The molecule has 2 rings (SSSR count). The van der Waals surface area contributed by atoms with Gasteiger partial charge in [0.25, 0.3) is 0 Å². The molecule has 0 aromatic carbocycles. The minimum Gasteiger partial charge on any atom is -0.259 e. The van der Waals surface area contributed by atoms with Gasteiger partial charge in [-0.3, -0.25) is 4.98 Å². The highest BCUT2D eigenvalue weighted by Gasteiger charge is 2.18. The SMILES string of the molecule is CSc1c(Br)cnc2c1SCC2. The second-order valence-electron chi connectivity index (χ2n) is 2.51. The summed E-state index contributed by atoms with van der Waals surface area (Å²) in [7, 11) is 0. The van der Waals surface area contributed by atoms with Gasteiger partial charge in [-0.05, 0) is 22.2 Å². The molecule has 64 valence electrons. The summed E-state index contributed by atoms with van der Waals surface area (Å²) in [6.07, 6.45) is 5.15. The maximum absolute atomic E-state index is 4.39. The van der Waals surface area contributed by atoms with Gasteiger partial charge in [0.05, 0.1) is 10.2 Å². The number of aromatic nitrogens is 1. The predicted octanol–water partition coefficient (Wildman–Crippen LogP) is 3.21. The van der Waals surface area contributed by atoms with E-state index in [4.69, 9.17) is 0 Å². The van der Waals surface area contributed by atoms with Crippen LogP contribution in [0.25, 0.3) is 0 Å². The minimum absolute atomic E-state index is 1.13. The molecule has 0 unspecified atom stereocenters. The zero-order valence-electron chi connectivity index (χ0n) is 6.63. The van der Waals surface area contributed by atoms with E-state index < -0.39 is 0 Å². The number of rotatable bonds is 1. The molecule has 0 N–H and O–H groups in total. The van der Waals surface area contributed by atoms with Crippen molar-refractivity contribution in [3.63, 3.8) is 0 Å². The number of halogens is 1. The number of pyridine rings is 1. The Balaban J connectivity index is 2.57. The van der Waals surface area contributed by atoms with Gasteiger partial charge in [-0.2, -0.15) is 0 Å². The fourth-order valence-corrected chi connectivity index (χ4v) is 4.22. The monoisotopic (exact) mass is 261 g/mol. The molecule has 0 atom stereocenters. The summed E-state index contributed by atoms with van der Waals surface area (Å²) in [5.74, 6) is 1.19. The summed E-state index contributed by atoms with van der Waals surface area (Å²) in [6, 6.07) is 0. The van der Waals surface area contributed by atoms with Crippen molar-refractivity contribution < 1.29 is 0 Å². The zero-order valence-corrected chi connectivity index (χ0v) is 9.85. The molecule has 1 aromatic heterocycles. The summed E-state index contributed by atoms with van der Waals surface area (Å²) in [4.78, 5) is 7.12. The highest BCUT2D eigenvalue weighted by atomic mass is 79.9. The maximum atomic E-state index is 4.39. The first-order valence-corrected chi connectivity index (χ1v) is 6.67. The smallest absolute Gasteiger partial charge is 0.0559 e. The standard InChI is InChI=1S/C8H8BrNS2/c1-11-7-5(9)4-10-6-2-3-12-8(6)7/h4H,2-3H2,1H3. The highest BCUT2D eigenvalue weighted by molar-refractivity contribution is 9.10. The van der Waals surface area contributed by atoms with Crippen LogP contribution in [-0.4, -0.2) is 17.0 Å². The highest BCUT2D eigenvalue weighted by Crippen LogP contribution is 2.40. The Morgan fingerprint density at radius 1 is 1.67 bits per heavy atom. The minimum atomic E-state index is 1.13. The van der Waals surface area contributed by atoms with E-state index in [0.717, 1.165) is 10.9 Å². The molecule has 1 aromatic rings. The summed E-state index contributed by atoms with van der Waals surface area (Å²) < 4.78 is 1.13. The second kappa shape index (κ2) is 3.60. The van der Waals surface area contributed by atoms with Crippen LogP contribution >= 0.6 is 39.5 Å². The van der Waals surface area contributed by atoms with Crippen molar-refractivity contribution >= 4 is 39.5 Å². The van der Waals surface area contributed by atoms with Gasteiger partial charge in [0.2, 0.25) is 0 Å². The van der Waals surface area contributed by atoms with Crippen molar-refractivity contribution in [3.05, 3.63) is 16.4 Å². The molecular weight excluding hydrogens is 254 g/mol. The fraction of sp³-hybridized carbons (Fsp3) is 0.375. The van der Waals surface area contributed by atoms with Crippen molar-refractivity contribution in [1.29, 1.82) is 0 Å². The van der Waals surface area contributed by atoms with Gasteiger partial charge in [0.1, 0.15) is 0 Å². The van der Waals surface area contributed by atoms with E-state index in [-0.39, 0.29) is 0 Å². The van der Waals surface area contributed by atoms with E-state index in [1.165, 1.54) is 21.2 Å². The topological polar surface area (TPSA) is 12.9 Å². The largest absolute Gasteiger partial charge is 0.259 e. The summed E-state index contributed by atoms with van der Waals surface area (Å²) in [5, 5.41) is 0. The maximum Gasteiger partial charge on any atom is 0.0559 e. The van der Waals surface area contributed by atoms with Crippen LogP contribution in [-0.2, 0) is 6.42 Å². The Labute approximate surface area is 88.9 Å². The van der Waals surface area contributed by atoms with Crippen molar-refractivity contribution in [2.24, 2.45) is 0 Å². The summed E-state index contributed by atoms with van der Waals surface area (Å²) >= 11 is 7.23. The van der Waals surface area contributed by atoms with Gasteiger partial charge in [0.15, 0.2) is 0 Å². The molecule has 0 bridgehead atoms. The molecule has 0 aliphatic carbocycles. The Kier molecular flexibility index (Phi) is 2.67. The van der Waals surface area contributed by atoms with Crippen molar-refractivity contribution in [2.45, 2.75) is 16.2 Å². The first kappa shape index (κ1) is 8.91. The van der Waals surface area contributed by atoms with Crippen LogP contribution in [0.15, 0.2) is 20.5 Å². The Bertz CT molecular complexity index is 314. The lowest BCUT2D eigenvalue weighted by atomic mass is 10.3. The Morgan fingerprint density at radius 3 is 3.25 bits per heavy atom. The summed E-state index contributed by atoms with van der Waals surface area (Å²) in [5.41, 5.74) is 1.27. The first-order valence-electron chi connectivity index (χ1n) is 3.67. The van der Waals surface area contributed by atoms with Crippen LogP contribution in [0.5, 0.6) is 0 Å². The summed E-state index contributed by atoms with van der Waals surface area (Å²) in [6.45, 7) is 0. The van der Waals surface area contributed by atoms with Gasteiger partial charge < -0.3 is 0 Å². The molecule has 0 saturated carbocycles. The van der Waals surface area contributed by atoms with Crippen LogP contribution in [0, 0.1) is 0 Å². The Hall–Kier alpha value is 0.330. The third-order valence-corrected chi connectivity index (χ3v) is 4.77. The molecule has 0 radical (unpaired) electrons. The molecule has 2 heterocycles. The van der Waals surface area contributed by atoms with E-state index >= 15 is 0 Å². The van der Waals surface area contributed by atoms with Crippen molar-refractivity contribution in [1.82, 2.24) is 4.98 Å². The van der Waals surface area contributed by atoms with Gasteiger partial charge in [-0.25, -0.2) is 0 Å². The van der Waals surface area contributed by atoms with Crippen LogP contribution in [0.2, 0.25) is 0 Å². The van der Waals surface area contributed by atoms with Crippen molar-refractivity contribution in [2.75, 3.05) is 12.0 Å². The van der Waals surface area contributed by atoms with E-state index in [1.807, 2.05) is 18.0 Å². The van der Waals surface area contributed by atoms with Gasteiger partial charge in [-0.1, -0.05) is 0 Å².